The predicted octanol–water partition coefficient (Wildman–Crippen LogP) is 0.329. The fourth-order valence-corrected chi connectivity index (χ4v) is 1.58. The smallest absolute Gasteiger partial charge is 0.332 e. The molecule has 2 atom stereocenters. The molecule has 0 amide bonds. The summed E-state index contributed by atoms with van der Waals surface area (Å²) in [5, 5.41) is 20.6. The zero-order valence-corrected chi connectivity index (χ0v) is 9.30. The Morgan fingerprint density at radius 2 is 2.21 bits per heavy atom. The summed E-state index contributed by atoms with van der Waals surface area (Å²) in [6.45, 7) is 5.64. The number of carbonyl (C=O) groups is 1. The Bertz CT molecular complexity index is 204. The third-order valence-corrected chi connectivity index (χ3v) is 3.14. The zero-order valence-electron chi connectivity index (χ0n) is 8.49. The lowest BCUT2D eigenvalue weighted by molar-refractivity contribution is -0.132. The van der Waals surface area contributed by atoms with Crippen LogP contribution in [0.5, 0.6) is 0 Å². The van der Waals surface area contributed by atoms with Crippen molar-refractivity contribution in [2.75, 3.05) is 19.4 Å². The normalized spacial score (nSPS) is 14.8. The molecule has 0 heterocycles. The molecular weight excluding hydrogens is 202 g/mol. The molecule has 0 aromatic carbocycles. The van der Waals surface area contributed by atoms with Gasteiger partial charge in [-0.1, -0.05) is 6.58 Å². The minimum Gasteiger partial charge on any atom is -0.478 e. The maximum Gasteiger partial charge on any atom is 0.332 e. The van der Waals surface area contributed by atoms with Crippen LogP contribution in [0.25, 0.3) is 0 Å². The second-order valence-corrected chi connectivity index (χ2v) is 4.11. The molecule has 82 valence electrons. The van der Waals surface area contributed by atoms with Crippen molar-refractivity contribution >= 4 is 17.7 Å². The Morgan fingerprint density at radius 1 is 1.64 bits per heavy atom. The molecule has 0 saturated carbocycles. The van der Waals surface area contributed by atoms with Gasteiger partial charge in [0.05, 0.1) is 6.61 Å². The van der Waals surface area contributed by atoms with E-state index in [4.69, 9.17) is 10.2 Å². The molecule has 0 aliphatic heterocycles. The molecule has 14 heavy (non-hydrogen) atoms. The van der Waals surface area contributed by atoms with Crippen molar-refractivity contribution < 1.29 is 15.0 Å². The van der Waals surface area contributed by atoms with Gasteiger partial charge in [0, 0.05) is 23.4 Å². The quantitative estimate of drug-likeness (QED) is 0.538. The fraction of sp³-hybridized carbons (Fsp3) is 0.667. The van der Waals surface area contributed by atoms with E-state index in [1.54, 1.807) is 11.8 Å². The van der Waals surface area contributed by atoms with Gasteiger partial charge in [-0.3, -0.25) is 0 Å². The minimum atomic E-state index is -0.991. The maximum absolute atomic E-state index is 10.4. The summed E-state index contributed by atoms with van der Waals surface area (Å²) in [5.74, 6) is -0.991. The van der Waals surface area contributed by atoms with Crippen LogP contribution in [0.4, 0.5) is 0 Å². The number of nitrogens with one attached hydrogen (secondary N) is 1. The number of thioether (sulfide) groups is 1. The summed E-state index contributed by atoms with van der Waals surface area (Å²) < 4.78 is 0. The molecule has 0 fully saturated rings. The van der Waals surface area contributed by atoms with Crippen LogP contribution < -0.4 is 5.32 Å². The molecule has 5 heteroatoms. The third kappa shape index (κ3) is 4.64. The second-order valence-electron chi connectivity index (χ2n) is 3.04. The van der Waals surface area contributed by atoms with Crippen LogP contribution in [0.1, 0.15) is 6.92 Å². The first-order chi connectivity index (χ1) is 6.52. The average Bonchev–Trinajstić information content (AvgIpc) is 2.15. The zero-order chi connectivity index (χ0) is 11.1. The molecule has 0 aromatic heterocycles. The van der Waals surface area contributed by atoms with Crippen LogP contribution in [-0.4, -0.2) is 46.9 Å². The maximum atomic E-state index is 10.4. The molecular formula is C9H17NO3S. The van der Waals surface area contributed by atoms with E-state index in [0.29, 0.717) is 0 Å². The summed E-state index contributed by atoms with van der Waals surface area (Å²) in [7, 11) is 0. The second kappa shape index (κ2) is 6.86. The van der Waals surface area contributed by atoms with Crippen molar-refractivity contribution in [2.24, 2.45) is 0 Å². The van der Waals surface area contributed by atoms with E-state index in [2.05, 4.69) is 11.9 Å². The third-order valence-electron chi connectivity index (χ3n) is 1.98. The van der Waals surface area contributed by atoms with E-state index in [9.17, 15) is 4.79 Å². The Hall–Kier alpha value is -0.520. The van der Waals surface area contributed by atoms with Crippen LogP contribution in [0.15, 0.2) is 12.2 Å². The van der Waals surface area contributed by atoms with E-state index in [1.807, 2.05) is 13.2 Å². The number of rotatable bonds is 7. The number of hydrogen-bond donors (Lipinski definition) is 3. The molecule has 3 N–H and O–H groups in total. The van der Waals surface area contributed by atoms with Gasteiger partial charge in [-0.25, -0.2) is 4.79 Å². The highest BCUT2D eigenvalue weighted by atomic mass is 32.2. The van der Waals surface area contributed by atoms with E-state index < -0.39 is 5.97 Å². The monoisotopic (exact) mass is 219 g/mol. The van der Waals surface area contributed by atoms with Gasteiger partial charge in [-0.05, 0) is 13.2 Å². The summed E-state index contributed by atoms with van der Waals surface area (Å²) in [5.41, 5.74) is 0.134. The lowest BCUT2D eigenvalue weighted by Gasteiger charge is -2.21. The van der Waals surface area contributed by atoms with E-state index in [1.165, 1.54) is 0 Å². The van der Waals surface area contributed by atoms with Crippen molar-refractivity contribution in [1.82, 2.24) is 5.32 Å². The first kappa shape index (κ1) is 13.5. The van der Waals surface area contributed by atoms with Crippen LogP contribution in [0.2, 0.25) is 0 Å². The summed E-state index contributed by atoms with van der Waals surface area (Å²) in [6, 6.07) is 0.0612. The average molecular weight is 219 g/mol. The molecule has 0 spiro atoms. The number of hydrogen-bond acceptors (Lipinski definition) is 4. The van der Waals surface area contributed by atoms with Gasteiger partial charge in [0.1, 0.15) is 0 Å². The first-order valence-corrected chi connectivity index (χ1v) is 5.59. The molecule has 4 nitrogen and oxygen atoms in total. The topological polar surface area (TPSA) is 69.6 Å². The molecule has 0 saturated heterocycles. The van der Waals surface area contributed by atoms with Gasteiger partial charge in [0.25, 0.3) is 0 Å². The van der Waals surface area contributed by atoms with Crippen molar-refractivity contribution in [2.45, 2.75) is 18.2 Å². The molecule has 2 unspecified atom stereocenters. The molecule has 0 radical (unpaired) electrons. The number of aliphatic hydroxyl groups excluding tert-OH is 1. The summed E-state index contributed by atoms with van der Waals surface area (Å²) >= 11 is 1.55. The minimum absolute atomic E-state index is 0.0612. The largest absolute Gasteiger partial charge is 0.478 e. The highest BCUT2D eigenvalue weighted by molar-refractivity contribution is 7.99. The number of carboxylic acid groups (broad SMARTS) is 1. The van der Waals surface area contributed by atoms with E-state index in [-0.39, 0.29) is 30.0 Å². The van der Waals surface area contributed by atoms with Crippen molar-refractivity contribution in [1.29, 1.82) is 0 Å². The van der Waals surface area contributed by atoms with Gasteiger partial charge in [-0.2, -0.15) is 11.8 Å². The predicted molar refractivity (Wildman–Crippen MR) is 58.6 cm³/mol. The summed E-state index contributed by atoms with van der Waals surface area (Å²) in [6.07, 6.45) is 1.91. The molecule has 0 rings (SSSR count). The van der Waals surface area contributed by atoms with Gasteiger partial charge in [0.15, 0.2) is 0 Å². The molecule has 0 aromatic rings. The number of aliphatic hydroxyl groups is 1. The standard InChI is InChI=1S/C9H17NO3S/c1-6(9(12)13)4-10-7(2)8(5-11)14-3/h7-8,10-11H,1,4-5H2,2-3H3,(H,12,13). The highest BCUT2D eigenvalue weighted by Crippen LogP contribution is 2.10. The Labute approximate surface area is 88.4 Å². The molecule has 0 aliphatic carbocycles. The first-order valence-electron chi connectivity index (χ1n) is 4.31. The van der Waals surface area contributed by atoms with Crippen LogP contribution >= 0.6 is 11.8 Å². The Morgan fingerprint density at radius 3 is 2.57 bits per heavy atom. The van der Waals surface area contributed by atoms with Crippen molar-refractivity contribution in [3.05, 3.63) is 12.2 Å². The lowest BCUT2D eigenvalue weighted by Crippen LogP contribution is -2.39. The van der Waals surface area contributed by atoms with Crippen LogP contribution in [0, 0.1) is 0 Å². The van der Waals surface area contributed by atoms with Crippen LogP contribution in [-0.2, 0) is 4.79 Å². The SMILES string of the molecule is C=C(CNC(C)C(CO)SC)C(=O)O. The van der Waals surface area contributed by atoms with Crippen molar-refractivity contribution in [3.63, 3.8) is 0 Å². The fourth-order valence-electron chi connectivity index (χ4n) is 0.928. The van der Waals surface area contributed by atoms with E-state index >= 15 is 0 Å². The lowest BCUT2D eigenvalue weighted by atomic mass is 10.2. The van der Waals surface area contributed by atoms with Gasteiger partial charge >= 0.3 is 5.97 Å². The Balaban J connectivity index is 3.88. The van der Waals surface area contributed by atoms with Crippen molar-refractivity contribution in [3.8, 4) is 0 Å². The molecule has 0 bridgehead atoms. The van der Waals surface area contributed by atoms with Gasteiger partial charge in [-0.15, -0.1) is 0 Å². The van der Waals surface area contributed by atoms with Gasteiger partial charge in [0.2, 0.25) is 0 Å². The number of aliphatic carboxylic acids is 1. The van der Waals surface area contributed by atoms with E-state index in [0.717, 1.165) is 0 Å². The van der Waals surface area contributed by atoms with Crippen LogP contribution in [0.3, 0.4) is 0 Å². The van der Waals surface area contributed by atoms with Gasteiger partial charge < -0.3 is 15.5 Å². The highest BCUT2D eigenvalue weighted by Gasteiger charge is 2.15. The number of carboxylic acids is 1. The Kier molecular flexibility index (Phi) is 6.61. The molecule has 0 aliphatic rings. The summed E-state index contributed by atoms with van der Waals surface area (Å²) in [4.78, 5) is 10.4.